The van der Waals surface area contributed by atoms with Crippen LogP contribution in [0.1, 0.15) is 30.1 Å². The predicted octanol–water partition coefficient (Wildman–Crippen LogP) is 3.39. The number of amides is 1. The minimum absolute atomic E-state index is 0.0884. The van der Waals surface area contributed by atoms with Crippen molar-refractivity contribution in [3.05, 3.63) is 72.1 Å². The van der Waals surface area contributed by atoms with Crippen molar-refractivity contribution in [2.75, 3.05) is 26.8 Å². The largest absolute Gasteiger partial charge is 0.384 e. The highest BCUT2D eigenvalue weighted by Gasteiger charge is 2.54. The zero-order valence-corrected chi connectivity index (χ0v) is 17.1. The first kappa shape index (κ1) is 19.0. The number of nitrogens with zero attached hydrogens (tertiary/aromatic N) is 3. The molecule has 2 atom stereocenters. The summed E-state index contributed by atoms with van der Waals surface area (Å²) in [6, 6.07) is 20.1. The van der Waals surface area contributed by atoms with Gasteiger partial charge in [-0.3, -0.25) is 9.89 Å². The van der Waals surface area contributed by atoms with Gasteiger partial charge >= 0.3 is 0 Å². The van der Waals surface area contributed by atoms with Gasteiger partial charge in [0.1, 0.15) is 5.82 Å². The van der Waals surface area contributed by atoms with E-state index in [0.717, 1.165) is 29.8 Å². The highest BCUT2D eigenvalue weighted by molar-refractivity contribution is 5.91. The summed E-state index contributed by atoms with van der Waals surface area (Å²) in [6.07, 6.45) is 1.85. The molecule has 6 heteroatoms. The predicted molar refractivity (Wildman–Crippen MR) is 114 cm³/mol. The van der Waals surface area contributed by atoms with Crippen molar-refractivity contribution in [3.63, 3.8) is 0 Å². The van der Waals surface area contributed by atoms with E-state index in [4.69, 9.17) is 9.72 Å². The third-order valence-corrected chi connectivity index (χ3v) is 6.48. The molecule has 2 heterocycles. The fourth-order valence-electron chi connectivity index (χ4n) is 4.70. The van der Waals surface area contributed by atoms with Gasteiger partial charge in [-0.1, -0.05) is 60.7 Å². The molecule has 0 spiro atoms. The Morgan fingerprint density at radius 3 is 2.47 bits per heavy atom. The van der Waals surface area contributed by atoms with E-state index in [9.17, 15) is 4.79 Å². The van der Waals surface area contributed by atoms with Crippen LogP contribution in [0.4, 0.5) is 0 Å². The molecule has 2 fully saturated rings. The van der Waals surface area contributed by atoms with Gasteiger partial charge in [0.05, 0.1) is 12.0 Å². The van der Waals surface area contributed by atoms with Crippen molar-refractivity contribution in [3.8, 4) is 11.4 Å². The monoisotopic (exact) mass is 402 g/mol. The topological polar surface area (TPSA) is 71.1 Å². The average Bonchev–Trinajstić information content (AvgIpc) is 3.27. The van der Waals surface area contributed by atoms with E-state index < -0.39 is 0 Å². The molecule has 3 aromatic rings. The van der Waals surface area contributed by atoms with Crippen molar-refractivity contribution in [2.24, 2.45) is 5.92 Å². The summed E-state index contributed by atoms with van der Waals surface area (Å²) in [5.74, 6) is 2.04. The molecule has 154 valence electrons. The van der Waals surface area contributed by atoms with Gasteiger partial charge in [0.25, 0.3) is 0 Å². The molecule has 6 nitrogen and oxygen atoms in total. The molecule has 1 aromatic heterocycles. The number of hydrogen-bond acceptors (Lipinski definition) is 4. The fraction of sp³-hybridized carbons (Fsp3) is 0.375. The molecule has 0 radical (unpaired) electrons. The number of benzene rings is 2. The number of hydrogen-bond donors (Lipinski definition) is 1. The summed E-state index contributed by atoms with van der Waals surface area (Å²) in [6.45, 7) is 1.92. The first-order valence-electron chi connectivity index (χ1n) is 10.5. The Bertz CT molecular complexity index is 1010. The normalized spacial score (nSPS) is 22.2. The van der Waals surface area contributed by atoms with Crippen LogP contribution in [0, 0.1) is 5.92 Å². The van der Waals surface area contributed by atoms with Gasteiger partial charge in [0.2, 0.25) is 5.91 Å². The number of carbonyl (C=O) groups is 1. The van der Waals surface area contributed by atoms with Crippen molar-refractivity contribution in [2.45, 2.75) is 24.2 Å². The van der Waals surface area contributed by atoms with Gasteiger partial charge in [0.15, 0.2) is 5.82 Å². The van der Waals surface area contributed by atoms with Crippen LogP contribution < -0.4 is 0 Å². The molecule has 30 heavy (non-hydrogen) atoms. The molecule has 1 saturated heterocycles. The summed E-state index contributed by atoms with van der Waals surface area (Å²) in [7, 11) is 1.71. The zero-order valence-electron chi connectivity index (χ0n) is 17.1. The summed E-state index contributed by atoms with van der Waals surface area (Å²) < 4.78 is 5.48. The quantitative estimate of drug-likeness (QED) is 0.686. The molecular weight excluding hydrogens is 376 g/mol. The molecule has 0 bridgehead atoms. The van der Waals surface area contributed by atoms with Crippen molar-refractivity contribution in [1.82, 2.24) is 20.1 Å². The van der Waals surface area contributed by atoms with Crippen LogP contribution in [0.3, 0.4) is 0 Å². The van der Waals surface area contributed by atoms with Gasteiger partial charge < -0.3 is 9.64 Å². The summed E-state index contributed by atoms with van der Waals surface area (Å²) in [5.41, 5.74) is 1.77. The second-order valence-corrected chi connectivity index (χ2v) is 8.39. The smallest absolute Gasteiger partial charge is 0.233 e. The van der Waals surface area contributed by atoms with Gasteiger partial charge in [-0.25, -0.2) is 4.98 Å². The molecule has 1 saturated carbocycles. The van der Waals surface area contributed by atoms with Gasteiger partial charge in [0, 0.05) is 37.6 Å². The molecule has 2 aliphatic rings. The van der Waals surface area contributed by atoms with Gasteiger partial charge in [-0.05, 0) is 18.4 Å². The highest BCUT2D eigenvalue weighted by atomic mass is 16.5. The first-order chi connectivity index (χ1) is 14.7. The third kappa shape index (κ3) is 3.31. The number of carbonyl (C=O) groups excluding carboxylic acids is 1. The lowest BCUT2D eigenvalue weighted by Gasteiger charge is -2.23. The number of aromatic nitrogens is 3. The van der Waals surface area contributed by atoms with Crippen molar-refractivity contribution >= 4 is 5.91 Å². The second kappa shape index (κ2) is 7.69. The molecule has 1 N–H and O–H groups in total. The van der Waals surface area contributed by atoms with Gasteiger partial charge in [-0.15, -0.1) is 0 Å². The number of H-pyrrole nitrogens is 1. The molecule has 0 unspecified atom stereocenters. The van der Waals surface area contributed by atoms with Crippen molar-refractivity contribution in [1.29, 1.82) is 0 Å². The fourth-order valence-corrected chi connectivity index (χ4v) is 4.70. The Kier molecular flexibility index (Phi) is 4.87. The van der Waals surface area contributed by atoms with Crippen LogP contribution in [0.25, 0.3) is 11.4 Å². The minimum atomic E-state index is -0.343. The number of aromatic amines is 1. The van der Waals surface area contributed by atoms with Crippen LogP contribution in [0.15, 0.2) is 60.7 Å². The molecule has 2 aromatic carbocycles. The molecule has 1 amide bonds. The Morgan fingerprint density at radius 1 is 1.10 bits per heavy atom. The third-order valence-electron chi connectivity index (χ3n) is 6.48. The van der Waals surface area contributed by atoms with E-state index in [1.807, 2.05) is 53.4 Å². The second-order valence-electron chi connectivity index (χ2n) is 8.39. The Morgan fingerprint density at radius 2 is 1.80 bits per heavy atom. The Balaban J connectivity index is 1.38. The van der Waals surface area contributed by atoms with E-state index in [0.29, 0.717) is 25.5 Å². The lowest BCUT2D eigenvalue weighted by molar-refractivity contribution is -0.133. The van der Waals surface area contributed by atoms with Crippen LogP contribution in [-0.4, -0.2) is 52.8 Å². The lowest BCUT2D eigenvalue weighted by atomic mass is 9.94. The van der Waals surface area contributed by atoms with E-state index in [2.05, 4.69) is 22.3 Å². The van der Waals surface area contributed by atoms with Crippen LogP contribution >= 0.6 is 0 Å². The maximum atomic E-state index is 13.5. The first-order valence-corrected chi connectivity index (χ1v) is 10.5. The molecule has 1 aliphatic carbocycles. The molecular formula is C24H26N4O2. The number of nitrogens with one attached hydrogen (secondary N) is 1. The highest BCUT2D eigenvalue weighted by Crippen LogP contribution is 2.50. The van der Waals surface area contributed by atoms with Crippen LogP contribution in [0.5, 0.6) is 0 Å². The van der Waals surface area contributed by atoms with Crippen LogP contribution in [-0.2, 0) is 14.9 Å². The van der Waals surface area contributed by atoms with E-state index in [1.54, 1.807) is 7.11 Å². The number of ether oxygens (including phenoxy) is 1. The summed E-state index contributed by atoms with van der Waals surface area (Å²) in [5, 5.41) is 7.55. The SMILES string of the molecule is COC[C@@H]1CN(C(=O)C2(c3ccccc3)CC2)C[C@H]1c1nc(-c2ccccc2)n[nH]1. The number of likely N-dealkylation sites (tertiary alicyclic amines) is 1. The standard InChI is InChI=1S/C24H26N4O2/c1-30-16-18-14-28(23(29)24(12-13-24)19-10-6-3-7-11-19)15-20(18)22-25-21(26-27-22)17-8-4-2-5-9-17/h2-11,18,20H,12-16H2,1H3,(H,25,26,27)/t18-,20+/m0/s1. The Hall–Kier alpha value is -2.99. The summed E-state index contributed by atoms with van der Waals surface area (Å²) in [4.78, 5) is 20.3. The summed E-state index contributed by atoms with van der Waals surface area (Å²) >= 11 is 0. The van der Waals surface area contributed by atoms with E-state index in [-0.39, 0.29) is 23.2 Å². The number of rotatable bonds is 6. The maximum Gasteiger partial charge on any atom is 0.233 e. The van der Waals surface area contributed by atoms with Gasteiger partial charge in [-0.2, -0.15) is 5.10 Å². The average molecular weight is 402 g/mol. The van der Waals surface area contributed by atoms with Crippen molar-refractivity contribution < 1.29 is 9.53 Å². The van der Waals surface area contributed by atoms with E-state index >= 15 is 0 Å². The van der Waals surface area contributed by atoms with E-state index in [1.165, 1.54) is 0 Å². The lowest BCUT2D eigenvalue weighted by Crippen LogP contribution is -2.38. The molecule has 5 rings (SSSR count). The zero-order chi connectivity index (χ0) is 20.6. The Labute approximate surface area is 176 Å². The van der Waals surface area contributed by atoms with Crippen LogP contribution in [0.2, 0.25) is 0 Å². The maximum absolute atomic E-state index is 13.5. The number of methoxy groups -OCH3 is 1. The molecule has 1 aliphatic heterocycles. The minimum Gasteiger partial charge on any atom is -0.384 e.